The Bertz CT molecular complexity index is 988. The second-order valence-corrected chi connectivity index (χ2v) is 6.88. The summed E-state index contributed by atoms with van der Waals surface area (Å²) in [5.74, 6) is 0.374. The molecular formula is C15H12ClN3O5S. The van der Waals surface area contributed by atoms with Crippen molar-refractivity contribution < 1.29 is 22.1 Å². The van der Waals surface area contributed by atoms with E-state index in [1.165, 1.54) is 25.4 Å². The molecule has 0 fully saturated rings. The lowest BCUT2D eigenvalue weighted by atomic mass is 10.2. The molecule has 0 bridgehead atoms. The molecule has 130 valence electrons. The zero-order valence-electron chi connectivity index (χ0n) is 12.8. The summed E-state index contributed by atoms with van der Waals surface area (Å²) in [6, 6.07) is 9.62. The molecule has 3 rings (SSSR count). The van der Waals surface area contributed by atoms with Crippen LogP contribution in [0.25, 0.3) is 11.5 Å². The van der Waals surface area contributed by atoms with Crippen molar-refractivity contribution in [1.29, 1.82) is 0 Å². The molecule has 0 radical (unpaired) electrons. The summed E-state index contributed by atoms with van der Waals surface area (Å²) < 4.78 is 43.8. The third kappa shape index (κ3) is 3.78. The van der Waals surface area contributed by atoms with Crippen LogP contribution in [-0.2, 0) is 10.1 Å². The van der Waals surface area contributed by atoms with Gasteiger partial charge in [-0.25, -0.2) is 4.98 Å². The van der Waals surface area contributed by atoms with Crippen LogP contribution in [0, 0.1) is 0 Å². The van der Waals surface area contributed by atoms with E-state index < -0.39 is 15.4 Å². The highest BCUT2D eigenvalue weighted by Gasteiger charge is 2.33. The van der Waals surface area contributed by atoms with Gasteiger partial charge < -0.3 is 9.15 Å². The van der Waals surface area contributed by atoms with E-state index in [4.69, 9.17) is 20.8 Å². The van der Waals surface area contributed by atoms with Crippen molar-refractivity contribution in [3.8, 4) is 17.2 Å². The minimum atomic E-state index is -4.57. The molecule has 0 aliphatic rings. The fraction of sp³-hybridized carbons (Fsp3) is 0.133. The van der Waals surface area contributed by atoms with Crippen LogP contribution in [0.1, 0.15) is 16.7 Å². The number of hydrogen-bond donors (Lipinski definition) is 1. The van der Waals surface area contributed by atoms with Gasteiger partial charge in [-0.2, -0.15) is 8.42 Å². The van der Waals surface area contributed by atoms with Crippen LogP contribution >= 0.6 is 11.6 Å². The van der Waals surface area contributed by atoms with E-state index in [-0.39, 0.29) is 22.5 Å². The number of methoxy groups -OCH3 is 1. The Hall–Kier alpha value is -2.49. The zero-order valence-corrected chi connectivity index (χ0v) is 14.4. The fourth-order valence-corrected chi connectivity index (χ4v) is 3.14. The molecule has 1 atom stereocenters. The number of ether oxygens (including phenoxy) is 1. The van der Waals surface area contributed by atoms with Gasteiger partial charge in [-0.15, -0.1) is 10.2 Å². The molecule has 1 unspecified atom stereocenters. The van der Waals surface area contributed by atoms with Crippen LogP contribution in [0.2, 0.25) is 5.15 Å². The van der Waals surface area contributed by atoms with Gasteiger partial charge in [-0.05, 0) is 24.3 Å². The Kier molecular flexibility index (Phi) is 4.71. The maximum Gasteiger partial charge on any atom is 0.281 e. The third-order valence-corrected chi connectivity index (χ3v) is 4.63. The van der Waals surface area contributed by atoms with Crippen molar-refractivity contribution in [1.82, 2.24) is 15.2 Å². The smallest absolute Gasteiger partial charge is 0.281 e. The summed E-state index contributed by atoms with van der Waals surface area (Å²) in [7, 11) is -3.06. The van der Waals surface area contributed by atoms with Crippen LogP contribution in [0.15, 0.2) is 47.0 Å². The molecule has 2 aromatic heterocycles. The highest BCUT2D eigenvalue weighted by Crippen LogP contribution is 2.31. The van der Waals surface area contributed by atoms with Crippen molar-refractivity contribution in [2.45, 2.75) is 5.25 Å². The van der Waals surface area contributed by atoms with E-state index in [0.717, 1.165) is 0 Å². The SMILES string of the molecule is COc1cccc(-c2nnc(C(c3ccc(Cl)nc3)S(=O)(=O)O)o2)c1. The first-order valence-electron chi connectivity index (χ1n) is 6.94. The summed E-state index contributed by atoms with van der Waals surface area (Å²) in [5.41, 5.74) is 0.689. The van der Waals surface area contributed by atoms with Crippen molar-refractivity contribution in [3.05, 3.63) is 59.2 Å². The lowest BCUT2D eigenvalue weighted by molar-refractivity contribution is 0.414. The molecule has 25 heavy (non-hydrogen) atoms. The van der Waals surface area contributed by atoms with Gasteiger partial charge in [0.05, 0.1) is 7.11 Å². The van der Waals surface area contributed by atoms with Gasteiger partial charge in [0, 0.05) is 17.3 Å². The lowest BCUT2D eigenvalue weighted by Gasteiger charge is -2.09. The minimum absolute atomic E-state index is 0.0875. The number of pyridine rings is 1. The molecule has 1 N–H and O–H groups in total. The summed E-state index contributed by atoms with van der Waals surface area (Å²) >= 11 is 5.70. The molecule has 0 amide bonds. The first kappa shape index (κ1) is 17.3. The molecule has 0 saturated heterocycles. The van der Waals surface area contributed by atoms with Gasteiger partial charge in [0.1, 0.15) is 10.9 Å². The van der Waals surface area contributed by atoms with Crippen molar-refractivity contribution >= 4 is 21.7 Å². The lowest BCUT2D eigenvalue weighted by Crippen LogP contribution is -2.14. The van der Waals surface area contributed by atoms with E-state index >= 15 is 0 Å². The first-order chi connectivity index (χ1) is 11.9. The van der Waals surface area contributed by atoms with Gasteiger partial charge in [0.15, 0.2) is 5.25 Å². The molecular weight excluding hydrogens is 370 g/mol. The Morgan fingerprint density at radius 2 is 2.04 bits per heavy atom. The Morgan fingerprint density at radius 1 is 1.24 bits per heavy atom. The summed E-state index contributed by atoms with van der Waals surface area (Å²) in [6.07, 6.45) is 1.22. The number of aromatic nitrogens is 3. The van der Waals surface area contributed by atoms with Crippen LogP contribution in [0.4, 0.5) is 0 Å². The number of hydrogen-bond acceptors (Lipinski definition) is 7. The van der Waals surface area contributed by atoms with Gasteiger partial charge >= 0.3 is 0 Å². The molecule has 3 aromatic rings. The topological polar surface area (TPSA) is 115 Å². The van der Waals surface area contributed by atoms with E-state index in [9.17, 15) is 13.0 Å². The summed E-state index contributed by atoms with van der Waals surface area (Å²) in [6.45, 7) is 0. The van der Waals surface area contributed by atoms with E-state index in [0.29, 0.717) is 11.3 Å². The highest BCUT2D eigenvalue weighted by molar-refractivity contribution is 7.86. The molecule has 0 spiro atoms. The Balaban J connectivity index is 2.04. The number of benzene rings is 1. The van der Waals surface area contributed by atoms with Crippen LogP contribution in [-0.4, -0.2) is 35.3 Å². The summed E-state index contributed by atoms with van der Waals surface area (Å²) in [4.78, 5) is 3.81. The summed E-state index contributed by atoms with van der Waals surface area (Å²) in [5, 5.41) is 6.22. The van der Waals surface area contributed by atoms with Gasteiger partial charge in [-0.3, -0.25) is 4.55 Å². The Labute approximate surface area is 148 Å². The van der Waals surface area contributed by atoms with Gasteiger partial charge in [-0.1, -0.05) is 23.7 Å². The quantitative estimate of drug-likeness (QED) is 0.529. The van der Waals surface area contributed by atoms with Gasteiger partial charge in [0.2, 0.25) is 11.8 Å². The van der Waals surface area contributed by atoms with Crippen molar-refractivity contribution in [2.24, 2.45) is 0 Å². The van der Waals surface area contributed by atoms with E-state index in [2.05, 4.69) is 15.2 Å². The number of halogens is 1. The minimum Gasteiger partial charge on any atom is -0.497 e. The Morgan fingerprint density at radius 3 is 2.68 bits per heavy atom. The van der Waals surface area contributed by atoms with E-state index in [1.807, 2.05) is 0 Å². The molecule has 0 aliphatic heterocycles. The maximum atomic E-state index is 11.8. The molecule has 1 aromatic carbocycles. The second kappa shape index (κ2) is 6.79. The largest absolute Gasteiger partial charge is 0.497 e. The zero-order chi connectivity index (χ0) is 18.0. The average molecular weight is 382 g/mol. The average Bonchev–Trinajstić information content (AvgIpc) is 3.05. The standard InChI is InChI=1S/C15H12ClN3O5S/c1-23-11-4-2-3-9(7-11)14-18-19-15(24-14)13(25(20,21)22)10-5-6-12(16)17-8-10/h2-8,13H,1H3,(H,20,21,22). The number of nitrogens with zero attached hydrogens (tertiary/aromatic N) is 3. The molecule has 0 aliphatic carbocycles. The second-order valence-electron chi connectivity index (χ2n) is 4.99. The van der Waals surface area contributed by atoms with Gasteiger partial charge in [0.25, 0.3) is 10.1 Å². The van der Waals surface area contributed by atoms with Crippen LogP contribution in [0.5, 0.6) is 5.75 Å². The predicted octanol–water partition coefficient (Wildman–Crippen LogP) is 2.77. The van der Waals surface area contributed by atoms with E-state index in [1.54, 1.807) is 24.3 Å². The van der Waals surface area contributed by atoms with Crippen LogP contribution < -0.4 is 4.74 Å². The third-order valence-electron chi connectivity index (χ3n) is 3.33. The molecule has 0 saturated carbocycles. The molecule has 8 nitrogen and oxygen atoms in total. The first-order valence-corrected chi connectivity index (χ1v) is 8.82. The van der Waals surface area contributed by atoms with Crippen molar-refractivity contribution in [3.63, 3.8) is 0 Å². The van der Waals surface area contributed by atoms with Crippen molar-refractivity contribution in [2.75, 3.05) is 7.11 Å². The monoisotopic (exact) mass is 381 g/mol. The molecule has 10 heteroatoms. The normalized spacial score (nSPS) is 12.8. The predicted molar refractivity (Wildman–Crippen MR) is 88.9 cm³/mol. The highest BCUT2D eigenvalue weighted by atomic mass is 35.5. The molecule has 2 heterocycles. The van der Waals surface area contributed by atoms with Crippen LogP contribution in [0.3, 0.4) is 0 Å². The fourth-order valence-electron chi connectivity index (χ4n) is 2.20. The maximum absolute atomic E-state index is 11.8. The number of rotatable bonds is 5.